The molecule has 1 unspecified atom stereocenters. The van der Waals surface area contributed by atoms with Gasteiger partial charge >= 0.3 is 0 Å². The number of hydrogen-bond donors (Lipinski definition) is 1. The van der Waals surface area contributed by atoms with Crippen LogP contribution in [0.25, 0.3) is 0 Å². The molecule has 0 radical (unpaired) electrons. The molecule has 1 aliphatic heterocycles. The summed E-state index contributed by atoms with van der Waals surface area (Å²) in [4.78, 5) is 16.1. The number of rotatable bonds is 6. The molecular formula is C23H31N3O3S. The average molecular weight is 430 g/mol. The molecule has 1 saturated heterocycles. The van der Waals surface area contributed by atoms with Crippen molar-refractivity contribution in [3.63, 3.8) is 0 Å². The van der Waals surface area contributed by atoms with Crippen LogP contribution in [-0.4, -0.2) is 55.8 Å². The molecule has 2 heterocycles. The van der Waals surface area contributed by atoms with E-state index < -0.39 is 10.0 Å². The summed E-state index contributed by atoms with van der Waals surface area (Å²) in [6, 6.07) is 8.51. The van der Waals surface area contributed by atoms with Crippen molar-refractivity contribution in [1.29, 1.82) is 0 Å². The smallest absolute Gasteiger partial charge is 0.268 e. The van der Waals surface area contributed by atoms with Gasteiger partial charge < -0.3 is 10.2 Å². The molecule has 7 heteroatoms. The molecular weight excluding hydrogens is 398 g/mol. The minimum absolute atomic E-state index is 0.0210. The van der Waals surface area contributed by atoms with Crippen molar-refractivity contribution in [1.82, 2.24) is 14.2 Å². The first-order valence-electron chi connectivity index (χ1n) is 11.0. The number of nitrogens with zero attached hydrogens (tertiary/aromatic N) is 2. The molecule has 0 bridgehead atoms. The molecule has 2 aliphatic rings. The second-order valence-corrected chi connectivity index (χ2v) is 10.1. The number of hydrogen-bond acceptors (Lipinski definition) is 5. The fraction of sp³-hybridized carbons (Fsp3) is 0.522. The number of fused-ring (bicyclic) bond motifs is 1. The Balaban J connectivity index is 1.66. The highest BCUT2D eigenvalue weighted by molar-refractivity contribution is 7.90. The Labute approximate surface area is 179 Å². The standard InChI is InChI=1S/C23H31N3O3S/c1-3-20-17(2)26(30(28,29)19-7-5-4-6-8-19)21-10-9-18(23(27)22(20)21)11-14-25-15-12-24-13-16-25/h4-8,18,24H,3,9-16H2,1-2H3. The molecule has 1 N–H and O–H groups in total. The van der Waals surface area contributed by atoms with Crippen molar-refractivity contribution in [3.05, 3.63) is 52.8 Å². The van der Waals surface area contributed by atoms with Crippen LogP contribution in [0.1, 0.15) is 47.1 Å². The SMILES string of the molecule is CCc1c2c(n(S(=O)(=O)c3ccccc3)c1C)CCC(CCN1CCNCC1)C2=O. The summed E-state index contributed by atoms with van der Waals surface area (Å²) in [6.45, 7) is 8.82. The van der Waals surface area contributed by atoms with Crippen LogP contribution >= 0.6 is 0 Å². The van der Waals surface area contributed by atoms with Crippen LogP contribution < -0.4 is 5.32 Å². The Morgan fingerprint density at radius 2 is 1.83 bits per heavy atom. The molecule has 4 rings (SSSR count). The van der Waals surface area contributed by atoms with Crippen LogP contribution in [0.5, 0.6) is 0 Å². The molecule has 30 heavy (non-hydrogen) atoms. The number of carbonyl (C=O) groups is 1. The summed E-state index contributed by atoms with van der Waals surface area (Å²) >= 11 is 0. The van der Waals surface area contributed by atoms with Crippen LogP contribution in [-0.2, 0) is 22.9 Å². The van der Waals surface area contributed by atoms with Gasteiger partial charge in [0.25, 0.3) is 10.0 Å². The molecule has 162 valence electrons. The molecule has 1 aromatic carbocycles. The summed E-state index contributed by atoms with van der Waals surface area (Å²) < 4.78 is 28.3. The predicted octanol–water partition coefficient (Wildman–Crippen LogP) is 2.64. The fourth-order valence-corrected chi connectivity index (χ4v) is 6.61. The first kappa shape index (κ1) is 21.3. The van der Waals surface area contributed by atoms with Crippen LogP contribution in [0.3, 0.4) is 0 Å². The summed E-state index contributed by atoms with van der Waals surface area (Å²) in [5, 5.41) is 3.36. The molecule has 6 nitrogen and oxygen atoms in total. The van der Waals surface area contributed by atoms with E-state index in [0.717, 1.165) is 51.1 Å². The van der Waals surface area contributed by atoms with Crippen molar-refractivity contribution in [2.24, 2.45) is 5.92 Å². The minimum Gasteiger partial charge on any atom is -0.314 e. The number of carbonyl (C=O) groups excluding carboxylic acids is 1. The monoisotopic (exact) mass is 429 g/mol. The van der Waals surface area contributed by atoms with Crippen molar-refractivity contribution in [2.75, 3.05) is 32.7 Å². The van der Waals surface area contributed by atoms with Crippen molar-refractivity contribution in [3.8, 4) is 0 Å². The Kier molecular flexibility index (Phi) is 6.14. The first-order chi connectivity index (χ1) is 14.4. The topological polar surface area (TPSA) is 71.4 Å². The van der Waals surface area contributed by atoms with Gasteiger partial charge in [0.1, 0.15) is 0 Å². The van der Waals surface area contributed by atoms with E-state index in [9.17, 15) is 13.2 Å². The molecule has 0 amide bonds. The molecule has 1 atom stereocenters. The Hall–Kier alpha value is -1.96. The van der Waals surface area contributed by atoms with Gasteiger partial charge in [0.2, 0.25) is 0 Å². The lowest BCUT2D eigenvalue weighted by Gasteiger charge is -2.30. The van der Waals surface area contributed by atoms with Crippen LogP contribution in [0, 0.1) is 12.8 Å². The second-order valence-electron chi connectivity index (χ2n) is 8.30. The number of aromatic nitrogens is 1. The van der Waals surface area contributed by atoms with Crippen molar-refractivity contribution >= 4 is 15.8 Å². The molecule has 1 aromatic heterocycles. The summed E-state index contributed by atoms with van der Waals surface area (Å²) in [7, 11) is -3.72. The summed E-state index contributed by atoms with van der Waals surface area (Å²) in [5.74, 6) is 0.112. The lowest BCUT2D eigenvalue weighted by Crippen LogP contribution is -2.44. The van der Waals surface area contributed by atoms with E-state index in [4.69, 9.17) is 0 Å². The van der Waals surface area contributed by atoms with Crippen LogP contribution in [0.15, 0.2) is 35.2 Å². The van der Waals surface area contributed by atoms with Gasteiger partial charge in [-0.3, -0.25) is 4.79 Å². The normalized spacial score (nSPS) is 20.3. The number of Topliss-reactive ketones (excluding diaryl/α,β-unsaturated/α-hetero) is 1. The zero-order chi connectivity index (χ0) is 21.3. The van der Waals surface area contributed by atoms with Crippen molar-refractivity contribution in [2.45, 2.75) is 44.4 Å². The zero-order valence-electron chi connectivity index (χ0n) is 17.9. The van der Waals surface area contributed by atoms with Gasteiger partial charge in [0, 0.05) is 49.0 Å². The van der Waals surface area contributed by atoms with Gasteiger partial charge in [-0.05, 0) is 56.8 Å². The quantitative estimate of drug-likeness (QED) is 0.764. The van der Waals surface area contributed by atoms with E-state index in [1.807, 2.05) is 13.8 Å². The van der Waals surface area contributed by atoms with E-state index in [-0.39, 0.29) is 16.6 Å². The molecule has 2 aromatic rings. The van der Waals surface area contributed by atoms with Gasteiger partial charge in [-0.25, -0.2) is 12.4 Å². The number of ketones is 1. The summed E-state index contributed by atoms with van der Waals surface area (Å²) in [5.41, 5.74) is 2.92. The van der Waals surface area contributed by atoms with Gasteiger partial charge in [-0.15, -0.1) is 0 Å². The van der Waals surface area contributed by atoms with Crippen molar-refractivity contribution < 1.29 is 13.2 Å². The number of nitrogens with one attached hydrogen (secondary N) is 1. The van der Waals surface area contributed by atoms with E-state index in [1.165, 1.54) is 3.97 Å². The van der Waals surface area contributed by atoms with Gasteiger partial charge in [-0.2, -0.15) is 0 Å². The Bertz CT molecular complexity index is 1020. The lowest BCUT2D eigenvalue weighted by atomic mass is 9.82. The molecule has 0 spiro atoms. The predicted molar refractivity (Wildman–Crippen MR) is 118 cm³/mol. The summed E-state index contributed by atoms with van der Waals surface area (Å²) in [6.07, 6.45) is 2.84. The molecule has 0 saturated carbocycles. The van der Waals surface area contributed by atoms with Gasteiger partial charge in [-0.1, -0.05) is 25.1 Å². The maximum Gasteiger partial charge on any atom is 0.268 e. The second kappa shape index (κ2) is 8.65. The van der Waals surface area contributed by atoms with E-state index >= 15 is 0 Å². The largest absolute Gasteiger partial charge is 0.314 e. The van der Waals surface area contributed by atoms with E-state index in [1.54, 1.807) is 30.3 Å². The highest BCUT2D eigenvalue weighted by Gasteiger charge is 2.37. The van der Waals surface area contributed by atoms with Crippen LogP contribution in [0.2, 0.25) is 0 Å². The highest BCUT2D eigenvalue weighted by atomic mass is 32.2. The number of piperazine rings is 1. The van der Waals surface area contributed by atoms with Crippen LogP contribution in [0.4, 0.5) is 0 Å². The number of benzene rings is 1. The first-order valence-corrected chi connectivity index (χ1v) is 12.4. The maximum absolute atomic E-state index is 13.5. The van der Waals surface area contributed by atoms with E-state index in [2.05, 4.69) is 10.2 Å². The third kappa shape index (κ3) is 3.74. The molecule has 1 aliphatic carbocycles. The fourth-order valence-electron chi connectivity index (χ4n) is 4.95. The lowest BCUT2D eigenvalue weighted by molar-refractivity contribution is 0.0879. The Morgan fingerprint density at radius 3 is 2.50 bits per heavy atom. The van der Waals surface area contributed by atoms with Gasteiger partial charge in [0.15, 0.2) is 5.78 Å². The maximum atomic E-state index is 13.5. The molecule has 1 fully saturated rings. The zero-order valence-corrected chi connectivity index (χ0v) is 18.7. The minimum atomic E-state index is -3.72. The van der Waals surface area contributed by atoms with E-state index in [0.29, 0.717) is 29.8 Å². The third-order valence-corrected chi connectivity index (χ3v) is 8.40. The Morgan fingerprint density at radius 1 is 1.13 bits per heavy atom. The third-order valence-electron chi connectivity index (χ3n) is 6.56. The van der Waals surface area contributed by atoms with Gasteiger partial charge in [0.05, 0.1) is 4.90 Å². The highest BCUT2D eigenvalue weighted by Crippen LogP contribution is 2.36. The average Bonchev–Trinajstić information content (AvgIpc) is 3.07.